The van der Waals surface area contributed by atoms with Crippen LogP contribution in [0.3, 0.4) is 0 Å². The number of carbonyl (C=O) groups is 2. The molecular formula is C18H19NO3S2. The van der Waals surface area contributed by atoms with Crippen molar-refractivity contribution < 1.29 is 14.3 Å². The summed E-state index contributed by atoms with van der Waals surface area (Å²) in [5.41, 5.74) is 0.903. The topological polar surface area (TPSA) is 55.4 Å². The molecule has 1 aromatic carbocycles. The van der Waals surface area contributed by atoms with Crippen LogP contribution in [0.15, 0.2) is 52.7 Å². The third-order valence-corrected chi connectivity index (χ3v) is 5.02. The van der Waals surface area contributed by atoms with E-state index >= 15 is 0 Å². The first-order chi connectivity index (χ1) is 11.6. The number of thiophene rings is 1. The number of rotatable bonds is 7. The lowest BCUT2D eigenvalue weighted by molar-refractivity contribution is -0.144. The summed E-state index contributed by atoms with van der Waals surface area (Å²) >= 11 is 3.23. The zero-order chi connectivity index (χ0) is 17.4. The van der Waals surface area contributed by atoms with Crippen molar-refractivity contribution >= 4 is 41.1 Å². The van der Waals surface area contributed by atoms with Gasteiger partial charge < -0.3 is 10.1 Å². The van der Waals surface area contributed by atoms with Gasteiger partial charge >= 0.3 is 5.97 Å². The van der Waals surface area contributed by atoms with E-state index < -0.39 is 5.97 Å². The predicted molar refractivity (Wildman–Crippen MR) is 99.1 cm³/mol. The largest absolute Gasteiger partial charge is 0.452 e. The van der Waals surface area contributed by atoms with Crippen LogP contribution in [0.25, 0.3) is 6.08 Å². The van der Waals surface area contributed by atoms with Crippen LogP contribution in [0.2, 0.25) is 0 Å². The van der Waals surface area contributed by atoms with Gasteiger partial charge in [-0.1, -0.05) is 18.2 Å². The molecular weight excluding hydrogens is 342 g/mol. The summed E-state index contributed by atoms with van der Waals surface area (Å²) in [5, 5.41) is 4.74. The lowest BCUT2D eigenvalue weighted by atomic mass is 10.2. The Balaban J connectivity index is 1.75. The number of thioether (sulfide) groups is 1. The number of ether oxygens (including phenoxy) is 1. The van der Waals surface area contributed by atoms with Crippen molar-refractivity contribution in [3.63, 3.8) is 0 Å². The van der Waals surface area contributed by atoms with Gasteiger partial charge in [-0.2, -0.15) is 0 Å². The van der Waals surface area contributed by atoms with E-state index in [1.165, 1.54) is 6.08 Å². The minimum atomic E-state index is -0.539. The molecule has 2 rings (SSSR count). The number of amides is 1. The normalized spacial score (nSPS) is 12.1. The van der Waals surface area contributed by atoms with Gasteiger partial charge in [0.25, 0.3) is 5.91 Å². The van der Waals surface area contributed by atoms with E-state index in [0.29, 0.717) is 0 Å². The van der Waals surface area contributed by atoms with Crippen LogP contribution >= 0.6 is 23.1 Å². The lowest BCUT2D eigenvalue weighted by Gasteiger charge is -2.11. The second-order valence-electron chi connectivity index (χ2n) is 5.02. The Hall–Kier alpha value is -2.05. The van der Waals surface area contributed by atoms with Crippen molar-refractivity contribution in [3.05, 3.63) is 58.3 Å². The highest BCUT2D eigenvalue weighted by Gasteiger charge is 2.11. The van der Waals surface area contributed by atoms with Gasteiger partial charge in [0.1, 0.15) is 0 Å². The summed E-state index contributed by atoms with van der Waals surface area (Å²) < 4.78 is 4.95. The summed E-state index contributed by atoms with van der Waals surface area (Å²) in [4.78, 5) is 25.7. The van der Waals surface area contributed by atoms with E-state index in [9.17, 15) is 9.59 Å². The van der Waals surface area contributed by atoms with E-state index in [1.807, 2.05) is 55.0 Å². The van der Waals surface area contributed by atoms with Crippen LogP contribution < -0.4 is 5.32 Å². The van der Waals surface area contributed by atoms with Gasteiger partial charge in [0.05, 0.1) is 6.04 Å². The van der Waals surface area contributed by atoms with Gasteiger partial charge in [0, 0.05) is 15.8 Å². The number of carbonyl (C=O) groups excluding carboxylic acids is 2. The van der Waals surface area contributed by atoms with Crippen molar-refractivity contribution in [1.82, 2.24) is 5.32 Å². The number of hydrogen-bond donors (Lipinski definition) is 1. The highest BCUT2D eigenvalue weighted by atomic mass is 32.2. The molecule has 0 aliphatic rings. The molecule has 0 saturated heterocycles. The molecule has 0 spiro atoms. The Morgan fingerprint density at radius 3 is 2.67 bits per heavy atom. The van der Waals surface area contributed by atoms with E-state index in [2.05, 4.69) is 5.32 Å². The molecule has 1 heterocycles. The first kappa shape index (κ1) is 18.3. The molecule has 126 valence electrons. The molecule has 1 aromatic heterocycles. The van der Waals surface area contributed by atoms with Crippen LogP contribution in [-0.2, 0) is 14.3 Å². The third kappa shape index (κ3) is 5.86. The molecule has 4 nitrogen and oxygen atoms in total. The lowest BCUT2D eigenvalue weighted by Crippen LogP contribution is -2.30. The second kappa shape index (κ2) is 9.30. The van der Waals surface area contributed by atoms with Crippen LogP contribution in [0.1, 0.15) is 23.4 Å². The minimum Gasteiger partial charge on any atom is -0.452 e. The minimum absolute atomic E-state index is 0.0957. The number of hydrogen-bond acceptors (Lipinski definition) is 5. The number of esters is 1. The van der Waals surface area contributed by atoms with Crippen molar-refractivity contribution in [2.45, 2.75) is 17.9 Å². The first-order valence-electron chi connectivity index (χ1n) is 7.40. The average molecular weight is 361 g/mol. The zero-order valence-electron chi connectivity index (χ0n) is 13.5. The van der Waals surface area contributed by atoms with Crippen LogP contribution in [0.4, 0.5) is 0 Å². The Labute approximate surface area is 149 Å². The monoisotopic (exact) mass is 361 g/mol. The van der Waals surface area contributed by atoms with Crippen LogP contribution in [0.5, 0.6) is 0 Å². The summed E-state index contributed by atoms with van der Waals surface area (Å²) in [7, 11) is 0. The quantitative estimate of drug-likeness (QED) is 0.462. The first-order valence-corrected chi connectivity index (χ1v) is 9.50. The standard InChI is InChI=1S/C18H19NO3S2/c1-13(16-4-3-11-24-16)19-17(20)12-22-18(21)10-7-14-5-8-15(23-2)9-6-14/h3-11,13H,12H2,1-2H3,(H,19,20)/b10-7+/t13-/m1/s1. The van der Waals surface area contributed by atoms with Crippen molar-refractivity contribution in [2.75, 3.05) is 12.9 Å². The Morgan fingerprint density at radius 1 is 1.29 bits per heavy atom. The van der Waals surface area contributed by atoms with Crippen LogP contribution in [-0.4, -0.2) is 24.7 Å². The molecule has 0 aliphatic heterocycles. The van der Waals surface area contributed by atoms with Gasteiger partial charge in [-0.05, 0) is 48.4 Å². The Bertz CT molecular complexity index is 694. The van der Waals surface area contributed by atoms with Gasteiger partial charge in [0.15, 0.2) is 6.61 Å². The molecule has 24 heavy (non-hydrogen) atoms. The van der Waals surface area contributed by atoms with Gasteiger partial charge in [-0.15, -0.1) is 23.1 Å². The molecule has 0 bridgehead atoms. The smallest absolute Gasteiger partial charge is 0.331 e. The highest BCUT2D eigenvalue weighted by Crippen LogP contribution is 2.18. The molecule has 1 atom stereocenters. The maximum atomic E-state index is 11.8. The average Bonchev–Trinajstić information content (AvgIpc) is 3.13. The van der Waals surface area contributed by atoms with E-state index in [-0.39, 0.29) is 18.6 Å². The summed E-state index contributed by atoms with van der Waals surface area (Å²) in [6.07, 6.45) is 5.00. The molecule has 0 unspecified atom stereocenters. The fourth-order valence-corrected chi connectivity index (χ4v) is 3.10. The third-order valence-electron chi connectivity index (χ3n) is 3.22. The molecule has 1 N–H and O–H groups in total. The van der Waals surface area contributed by atoms with E-state index in [1.54, 1.807) is 29.2 Å². The van der Waals surface area contributed by atoms with E-state index in [4.69, 9.17) is 4.74 Å². The molecule has 1 amide bonds. The molecule has 0 fully saturated rings. The summed E-state index contributed by atoms with van der Waals surface area (Å²) in [6.45, 7) is 1.61. The molecule has 2 aromatic rings. The summed E-state index contributed by atoms with van der Waals surface area (Å²) in [6, 6.07) is 11.6. The van der Waals surface area contributed by atoms with Gasteiger partial charge in [0.2, 0.25) is 0 Å². The van der Waals surface area contributed by atoms with Crippen LogP contribution in [0, 0.1) is 0 Å². The fourth-order valence-electron chi connectivity index (χ4n) is 1.96. The number of nitrogens with one attached hydrogen (secondary N) is 1. The zero-order valence-corrected chi connectivity index (χ0v) is 15.2. The predicted octanol–water partition coefficient (Wildman–Crippen LogP) is 3.90. The molecule has 0 radical (unpaired) electrons. The van der Waals surface area contributed by atoms with Crippen molar-refractivity contribution in [3.8, 4) is 0 Å². The van der Waals surface area contributed by atoms with Crippen molar-refractivity contribution in [2.24, 2.45) is 0 Å². The fraction of sp³-hybridized carbons (Fsp3) is 0.222. The highest BCUT2D eigenvalue weighted by molar-refractivity contribution is 7.98. The maximum Gasteiger partial charge on any atom is 0.331 e. The number of benzene rings is 1. The Kier molecular flexibility index (Phi) is 7.08. The SMILES string of the molecule is CSc1ccc(/C=C/C(=O)OCC(=O)N[C@H](C)c2cccs2)cc1. The molecule has 6 heteroatoms. The van der Waals surface area contributed by atoms with Gasteiger partial charge in [-0.3, -0.25) is 4.79 Å². The molecule has 0 saturated carbocycles. The maximum absolute atomic E-state index is 11.8. The van der Waals surface area contributed by atoms with Gasteiger partial charge in [-0.25, -0.2) is 4.79 Å². The van der Waals surface area contributed by atoms with E-state index in [0.717, 1.165) is 15.3 Å². The summed E-state index contributed by atoms with van der Waals surface area (Å²) in [5.74, 6) is -0.857. The van der Waals surface area contributed by atoms with Crippen molar-refractivity contribution in [1.29, 1.82) is 0 Å². The second-order valence-corrected chi connectivity index (χ2v) is 6.88. The Morgan fingerprint density at radius 2 is 2.04 bits per heavy atom. The molecule has 0 aliphatic carbocycles.